The van der Waals surface area contributed by atoms with Crippen LogP contribution < -0.4 is 11.3 Å². The molecule has 0 radical (unpaired) electrons. The summed E-state index contributed by atoms with van der Waals surface area (Å²) < 4.78 is 0. The van der Waals surface area contributed by atoms with Gasteiger partial charge >= 0.3 is 0 Å². The van der Waals surface area contributed by atoms with E-state index in [0.29, 0.717) is 0 Å². The third kappa shape index (κ3) is 2.33. The maximum atomic E-state index is 10.8. The number of carbonyl (C=O) groups excluding carboxylic acids is 1. The smallest absolute Gasteiger partial charge is 0.237 e. The summed E-state index contributed by atoms with van der Waals surface area (Å²) in [5.74, 6) is 4.38. The highest BCUT2D eigenvalue weighted by Crippen LogP contribution is 2.08. The summed E-state index contributed by atoms with van der Waals surface area (Å²) in [7, 11) is 0. The molecule has 4 heteroatoms. The minimum absolute atomic E-state index is 0.00852. The Morgan fingerprint density at radius 3 is 2.50 bits per heavy atom. The van der Waals surface area contributed by atoms with Gasteiger partial charge in [0.25, 0.3) is 0 Å². The van der Waals surface area contributed by atoms with Gasteiger partial charge in [-0.25, -0.2) is 5.84 Å². The second-order valence-corrected chi connectivity index (χ2v) is 2.46. The van der Waals surface area contributed by atoms with Gasteiger partial charge in [0.05, 0.1) is 0 Å². The summed E-state index contributed by atoms with van der Waals surface area (Å²) in [6.07, 6.45) is 0. The average Bonchev–Trinajstić information content (AvgIpc) is 2.00. The molecule has 4 nitrogen and oxygen atoms in total. The Labute approximate surface area is 60.4 Å². The summed E-state index contributed by atoms with van der Waals surface area (Å²) in [5, 5.41) is 8.63. The van der Waals surface area contributed by atoms with Crippen LogP contribution in [0.3, 0.4) is 0 Å². The Morgan fingerprint density at radius 1 is 1.70 bits per heavy atom. The largest absolute Gasteiger partial charge is 0.396 e. The van der Waals surface area contributed by atoms with Crippen LogP contribution in [0.15, 0.2) is 0 Å². The standard InChI is InChI=1S/C6H14N2O2/c1-4(3-9)5(2)6(10)8-7/h4-5,9H,3,7H2,1-2H3,(H,8,10)/t4-,5-/m0/s1. The summed E-state index contributed by atoms with van der Waals surface area (Å²) in [4.78, 5) is 10.8. The molecular formula is C6H14N2O2. The van der Waals surface area contributed by atoms with Gasteiger partial charge in [-0.15, -0.1) is 0 Å². The lowest BCUT2D eigenvalue weighted by Gasteiger charge is -2.14. The molecule has 0 aromatic heterocycles. The van der Waals surface area contributed by atoms with E-state index in [4.69, 9.17) is 10.9 Å². The van der Waals surface area contributed by atoms with E-state index in [1.165, 1.54) is 0 Å². The fraction of sp³-hybridized carbons (Fsp3) is 0.833. The molecule has 0 spiro atoms. The van der Waals surface area contributed by atoms with Crippen molar-refractivity contribution in [3.8, 4) is 0 Å². The van der Waals surface area contributed by atoms with Crippen LogP contribution in [0.2, 0.25) is 0 Å². The molecule has 0 bridgehead atoms. The van der Waals surface area contributed by atoms with Crippen molar-refractivity contribution in [1.82, 2.24) is 5.43 Å². The molecule has 10 heavy (non-hydrogen) atoms. The van der Waals surface area contributed by atoms with Crippen molar-refractivity contribution in [2.24, 2.45) is 17.7 Å². The van der Waals surface area contributed by atoms with Crippen LogP contribution in [0, 0.1) is 11.8 Å². The van der Waals surface area contributed by atoms with Gasteiger partial charge in [0.1, 0.15) is 0 Å². The first-order chi connectivity index (χ1) is 4.63. The zero-order valence-corrected chi connectivity index (χ0v) is 6.29. The minimum atomic E-state index is -0.235. The Kier molecular flexibility index (Phi) is 3.99. The third-order valence-electron chi connectivity index (χ3n) is 1.70. The van der Waals surface area contributed by atoms with Gasteiger partial charge in [0.2, 0.25) is 5.91 Å². The van der Waals surface area contributed by atoms with E-state index in [9.17, 15) is 4.79 Å². The average molecular weight is 146 g/mol. The molecule has 0 saturated heterocycles. The van der Waals surface area contributed by atoms with Crippen LogP contribution in [0.5, 0.6) is 0 Å². The van der Waals surface area contributed by atoms with Crippen LogP contribution >= 0.6 is 0 Å². The van der Waals surface area contributed by atoms with E-state index in [1.807, 2.05) is 5.43 Å². The van der Waals surface area contributed by atoms with E-state index >= 15 is 0 Å². The molecule has 0 aromatic carbocycles. The van der Waals surface area contributed by atoms with E-state index in [0.717, 1.165) is 0 Å². The Hall–Kier alpha value is -0.610. The van der Waals surface area contributed by atoms with Gasteiger partial charge in [0, 0.05) is 12.5 Å². The molecule has 0 heterocycles. The van der Waals surface area contributed by atoms with E-state index in [2.05, 4.69) is 0 Å². The van der Waals surface area contributed by atoms with Crippen molar-refractivity contribution in [2.75, 3.05) is 6.61 Å². The number of nitrogens with one attached hydrogen (secondary N) is 1. The molecular weight excluding hydrogens is 132 g/mol. The van der Waals surface area contributed by atoms with E-state index in [1.54, 1.807) is 13.8 Å². The van der Waals surface area contributed by atoms with Crippen molar-refractivity contribution in [3.63, 3.8) is 0 Å². The number of hydrogen-bond acceptors (Lipinski definition) is 3. The highest BCUT2D eigenvalue weighted by atomic mass is 16.3. The molecule has 2 atom stereocenters. The first-order valence-electron chi connectivity index (χ1n) is 3.24. The second kappa shape index (κ2) is 4.24. The van der Waals surface area contributed by atoms with Crippen molar-refractivity contribution < 1.29 is 9.90 Å². The molecule has 0 aliphatic carbocycles. The van der Waals surface area contributed by atoms with Crippen LogP contribution in [0.25, 0.3) is 0 Å². The van der Waals surface area contributed by atoms with Crippen LogP contribution in [0.1, 0.15) is 13.8 Å². The van der Waals surface area contributed by atoms with Crippen LogP contribution in [0.4, 0.5) is 0 Å². The number of carbonyl (C=O) groups is 1. The zero-order chi connectivity index (χ0) is 8.15. The summed E-state index contributed by atoms with van der Waals surface area (Å²) >= 11 is 0. The summed E-state index contributed by atoms with van der Waals surface area (Å²) in [5.41, 5.74) is 2.03. The van der Waals surface area contributed by atoms with E-state index in [-0.39, 0.29) is 24.3 Å². The monoisotopic (exact) mass is 146 g/mol. The molecule has 0 saturated carbocycles. The molecule has 0 aliphatic heterocycles. The number of aliphatic hydroxyl groups is 1. The predicted molar refractivity (Wildman–Crippen MR) is 37.7 cm³/mol. The number of rotatable bonds is 3. The number of aliphatic hydroxyl groups excluding tert-OH is 1. The first-order valence-corrected chi connectivity index (χ1v) is 3.24. The lowest BCUT2D eigenvalue weighted by molar-refractivity contribution is -0.126. The van der Waals surface area contributed by atoms with E-state index < -0.39 is 0 Å². The maximum absolute atomic E-state index is 10.8. The van der Waals surface area contributed by atoms with Crippen molar-refractivity contribution in [3.05, 3.63) is 0 Å². The fourth-order valence-electron chi connectivity index (χ4n) is 0.548. The molecule has 0 aliphatic rings. The normalized spacial score (nSPS) is 16.0. The number of hydrazine groups is 1. The van der Waals surface area contributed by atoms with Gasteiger partial charge < -0.3 is 5.11 Å². The van der Waals surface area contributed by atoms with Crippen molar-refractivity contribution in [1.29, 1.82) is 0 Å². The first kappa shape index (κ1) is 9.39. The Balaban J connectivity index is 3.81. The predicted octanol–water partition coefficient (Wildman–Crippen LogP) is -0.759. The number of amides is 1. The molecule has 1 amide bonds. The SMILES string of the molecule is C[C@H](C(=O)NN)[C@@H](C)CO. The molecule has 0 fully saturated rings. The third-order valence-corrected chi connectivity index (χ3v) is 1.70. The van der Waals surface area contributed by atoms with Gasteiger partial charge in [0.15, 0.2) is 0 Å². The molecule has 0 aromatic rings. The Morgan fingerprint density at radius 2 is 2.20 bits per heavy atom. The topological polar surface area (TPSA) is 75.4 Å². The van der Waals surface area contributed by atoms with Gasteiger partial charge in [-0.3, -0.25) is 10.2 Å². The number of hydrogen-bond donors (Lipinski definition) is 3. The second-order valence-electron chi connectivity index (χ2n) is 2.46. The molecule has 60 valence electrons. The Bertz CT molecular complexity index is 116. The minimum Gasteiger partial charge on any atom is -0.396 e. The van der Waals surface area contributed by atoms with Crippen LogP contribution in [-0.2, 0) is 4.79 Å². The van der Waals surface area contributed by atoms with Gasteiger partial charge in [-0.1, -0.05) is 13.8 Å². The molecule has 0 rings (SSSR count). The van der Waals surface area contributed by atoms with Gasteiger partial charge in [-0.2, -0.15) is 0 Å². The lowest BCUT2D eigenvalue weighted by Crippen LogP contribution is -2.37. The van der Waals surface area contributed by atoms with Crippen LogP contribution in [-0.4, -0.2) is 17.6 Å². The quantitative estimate of drug-likeness (QED) is 0.278. The van der Waals surface area contributed by atoms with Gasteiger partial charge in [-0.05, 0) is 5.92 Å². The summed E-state index contributed by atoms with van der Waals surface area (Å²) in [6, 6.07) is 0. The highest BCUT2D eigenvalue weighted by molar-refractivity contribution is 5.77. The fourth-order valence-corrected chi connectivity index (χ4v) is 0.548. The summed E-state index contributed by atoms with van der Waals surface area (Å²) in [6.45, 7) is 3.53. The maximum Gasteiger partial charge on any atom is 0.237 e. The highest BCUT2D eigenvalue weighted by Gasteiger charge is 2.17. The van der Waals surface area contributed by atoms with Crippen molar-refractivity contribution >= 4 is 5.91 Å². The molecule has 0 unspecified atom stereocenters. The zero-order valence-electron chi connectivity index (χ0n) is 6.29. The van der Waals surface area contributed by atoms with Crippen molar-refractivity contribution in [2.45, 2.75) is 13.8 Å². The number of nitrogens with two attached hydrogens (primary N) is 1. The molecule has 4 N–H and O–H groups in total. The lowest BCUT2D eigenvalue weighted by atomic mass is 9.96.